The van der Waals surface area contributed by atoms with Gasteiger partial charge in [0, 0.05) is 35.4 Å². The van der Waals surface area contributed by atoms with Gasteiger partial charge in [0.2, 0.25) is 5.91 Å². The van der Waals surface area contributed by atoms with Crippen LogP contribution in [0.3, 0.4) is 0 Å². The topological polar surface area (TPSA) is 51.9 Å². The van der Waals surface area contributed by atoms with E-state index in [9.17, 15) is 4.79 Å². The van der Waals surface area contributed by atoms with E-state index in [4.69, 9.17) is 0 Å². The number of hydrogen-bond acceptors (Lipinski definition) is 2. The van der Waals surface area contributed by atoms with Gasteiger partial charge in [0.15, 0.2) is 0 Å². The first kappa shape index (κ1) is 15.0. The Hall–Kier alpha value is -2.56. The van der Waals surface area contributed by atoms with Crippen molar-refractivity contribution in [1.29, 1.82) is 0 Å². The minimum Gasteiger partial charge on any atom is -0.348 e. The molecule has 124 valence electrons. The maximum Gasteiger partial charge on any atom is 0.240 e. The van der Waals surface area contributed by atoms with Crippen LogP contribution in [0.15, 0.2) is 36.7 Å². The lowest BCUT2D eigenvalue weighted by Gasteiger charge is -2.24. The third-order valence-electron chi connectivity index (χ3n) is 5.01. The monoisotopic (exact) mass is 322 g/mol. The summed E-state index contributed by atoms with van der Waals surface area (Å²) in [5.41, 5.74) is 4.72. The first-order valence-electron chi connectivity index (χ1n) is 8.48. The van der Waals surface area contributed by atoms with Gasteiger partial charge in [0.05, 0.1) is 12.2 Å². The number of nitrogens with zero attached hydrogens (tertiary/aromatic N) is 3. The standard InChI is InChI=1S/C19H22N4O/c1-13-11-23(18-8-4-3-6-14(13)18)12-19(24)21-16-7-5-9-17-15(16)10-20-22(17)2/h3-4,6,8,10-11,16H,5,7,9,12H2,1-2H3,(H,21,24)/t16-/m1/s1. The van der Waals surface area contributed by atoms with Gasteiger partial charge in [0.25, 0.3) is 0 Å². The first-order valence-corrected chi connectivity index (χ1v) is 8.48. The lowest BCUT2D eigenvalue weighted by atomic mass is 9.93. The van der Waals surface area contributed by atoms with Crippen molar-refractivity contribution >= 4 is 16.8 Å². The minimum absolute atomic E-state index is 0.0532. The van der Waals surface area contributed by atoms with Crippen LogP contribution in [-0.2, 0) is 24.8 Å². The van der Waals surface area contributed by atoms with E-state index >= 15 is 0 Å². The van der Waals surface area contributed by atoms with Crippen molar-refractivity contribution in [3.8, 4) is 0 Å². The SMILES string of the molecule is Cc1cn(CC(=O)N[C@@H]2CCCc3c2cnn3C)c2ccccc12. The van der Waals surface area contributed by atoms with Crippen LogP contribution < -0.4 is 5.32 Å². The summed E-state index contributed by atoms with van der Waals surface area (Å²) in [6.45, 7) is 2.43. The fourth-order valence-electron chi connectivity index (χ4n) is 3.81. The van der Waals surface area contributed by atoms with Crippen LogP contribution in [0.1, 0.15) is 35.7 Å². The predicted octanol–water partition coefficient (Wildman–Crippen LogP) is 2.88. The van der Waals surface area contributed by atoms with Gasteiger partial charge in [-0.15, -0.1) is 0 Å². The second-order valence-electron chi connectivity index (χ2n) is 6.64. The van der Waals surface area contributed by atoms with Crippen molar-refractivity contribution in [3.05, 3.63) is 53.5 Å². The number of hydrogen-bond donors (Lipinski definition) is 1. The molecule has 4 rings (SSSR count). The zero-order valence-electron chi connectivity index (χ0n) is 14.1. The quantitative estimate of drug-likeness (QED) is 0.806. The molecule has 0 radical (unpaired) electrons. The lowest BCUT2D eigenvalue weighted by Crippen LogP contribution is -2.33. The Morgan fingerprint density at radius 3 is 3.08 bits per heavy atom. The molecule has 0 unspecified atom stereocenters. The van der Waals surface area contributed by atoms with Crippen molar-refractivity contribution in [2.24, 2.45) is 7.05 Å². The summed E-state index contributed by atoms with van der Waals surface area (Å²) in [4.78, 5) is 12.6. The number of carbonyl (C=O) groups excluding carboxylic acids is 1. The van der Waals surface area contributed by atoms with Crippen molar-refractivity contribution in [1.82, 2.24) is 19.7 Å². The fourth-order valence-corrected chi connectivity index (χ4v) is 3.81. The number of amides is 1. The van der Waals surface area contributed by atoms with Gasteiger partial charge in [-0.2, -0.15) is 5.10 Å². The number of aryl methyl sites for hydroxylation is 2. The Morgan fingerprint density at radius 2 is 2.21 bits per heavy atom. The number of carbonyl (C=O) groups is 1. The molecule has 3 aromatic rings. The van der Waals surface area contributed by atoms with E-state index in [1.54, 1.807) is 0 Å². The van der Waals surface area contributed by atoms with Crippen LogP contribution in [0.25, 0.3) is 10.9 Å². The molecule has 2 aromatic heterocycles. The van der Waals surface area contributed by atoms with Gasteiger partial charge >= 0.3 is 0 Å². The molecule has 24 heavy (non-hydrogen) atoms. The van der Waals surface area contributed by atoms with Crippen LogP contribution in [0, 0.1) is 6.92 Å². The molecule has 0 saturated heterocycles. The molecule has 0 spiro atoms. The molecule has 0 fully saturated rings. The molecule has 1 aliphatic rings. The zero-order chi connectivity index (χ0) is 16.7. The van der Waals surface area contributed by atoms with Crippen LogP contribution >= 0.6 is 0 Å². The molecule has 5 nitrogen and oxygen atoms in total. The van der Waals surface area contributed by atoms with Gasteiger partial charge < -0.3 is 9.88 Å². The Kier molecular flexibility index (Phi) is 3.63. The molecule has 1 aromatic carbocycles. The van der Waals surface area contributed by atoms with Gasteiger partial charge in [-0.05, 0) is 37.8 Å². The first-order chi connectivity index (χ1) is 11.6. The van der Waals surface area contributed by atoms with Crippen LogP contribution in [0.5, 0.6) is 0 Å². The highest BCUT2D eigenvalue weighted by atomic mass is 16.2. The summed E-state index contributed by atoms with van der Waals surface area (Å²) in [5.74, 6) is 0.0532. The highest BCUT2D eigenvalue weighted by Crippen LogP contribution is 2.29. The van der Waals surface area contributed by atoms with E-state index < -0.39 is 0 Å². The van der Waals surface area contributed by atoms with Crippen molar-refractivity contribution in [2.75, 3.05) is 0 Å². The van der Waals surface area contributed by atoms with E-state index in [1.165, 1.54) is 22.2 Å². The number of nitrogens with one attached hydrogen (secondary N) is 1. The normalized spacial score (nSPS) is 17.0. The number of para-hydroxylation sites is 1. The van der Waals surface area contributed by atoms with Gasteiger partial charge in [-0.3, -0.25) is 9.48 Å². The van der Waals surface area contributed by atoms with E-state index in [2.05, 4.69) is 35.7 Å². The van der Waals surface area contributed by atoms with Crippen molar-refractivity contribution in [2.45, 2.75) is 38.8 Å². The van der Waals surface area contributed by atoms with E-state index in [1.807, 2.05) is 34.6 Å². The average molecular weight is 322 g/mol. The van der Waals surface area contributed by atoms with Crippen LogP contribution in [0.2, 0.25) is 0 Å². The maximum absolute atomic E-state index is 12.6. The lowest BCUT2D eigenvalue weighted by molar-refractivity contribution is -0.122. The maximum atomic E-state index is 12.6. The van der Waals surface area contributed by atoms with E-state index in [0.717, 1.165) is 24.8 Å². The van der Waals surface area contributed by atoms with Gasteiger partial charge in [-0.25, -0.2) is 0 Å². The number of rotatable bonds is 3. The molecule has 1 amide bonds. The summed E-state index contributed by atoms with van der Waals surface area (Å²) in [6, 6.07) is 8.29. The number of aromatic nitrogens is 3. The third-order valence-corrected chi connectivity index (χ3v) is 5.01. The molecule has 5 heteroatoms. The Morgan fingerprint density at radius 1 is 1.38 bits per heavy atom. The summed E-state index contributed by atoms with van der Waals surface area (Å²) in [5, 5.41) is 8.75. The summed E-state index contributed by atoms with van der Waals surface area (Å²) in [6.07, 6.45) is 7.06. The largest absolute Gasteiger partial charge is 0.348 e. The molecule has 2 heterocycles. The highest BCUT2D eigenvalue weighted by molar-refractivity contribution is 5.86. The molecule has 1 aliphatic carbocycles. The number of fused-ring (bicyclic) bond motifs is 2. The van der Waals surface area contributed by atoms with Gasteiger partial charge in [-0.1, -0.05) is 18.2 Å². The predicted molar refractivity (Wildman–Crippen MR) is 93.7 cm³/mol. The van der Waals surface area contributed by atoms with E-state index in [0.29, 0.717) is 6.54 Å². The second-order valence-corrected chi connectivity index (χ2v) is 6.64. The molecule has 1 atom stereocenters. The highest BCUT2D eigenvalue weighted by Gasteiger charge is 2.24. The molecule has 0 aliphatic heterocycles. The summed E-state index contributed by atoms with van der Waals surface area (Å²) < 4.78 is 3.96. The third kappa shape index (κ3) is 2.50. The van der Waals surface area contributed by atoms with Crippen LogP contribution in [-0.4, -0.2) is 20.3 Å². The molecule has 0 bridgehead atoms. The van der Waals surface area contributed by atoms with Gasteiger partial charge in [0.1, 0.15) is 6.54 Å². The van der Waals surface area contributed by atoms with Crippen molar-refractivity contribution < 1.29 is 4.79 Å². The fraction of sp³-hybridized carbons (Fsp3) is 0.368. The molecular weight excluding hydrogens is 300 g/mol. The summed E-state index contributed by atoms with van der Waals surface area (Å²) in [7, 11) is 1.97. The zero-order valence-corrected chi connectivity index (χ0v) is 14.1. The molecule has 1 N–H and O–H groups in total. The minimum atomic E-state index is 0.0532. The van der Waals surface area contributed by atoms with Crippen molar-refractivity contribution in [3.63, 3.8) is 0 Å². The number of benzene rings is 1. The Balaban J connectivity index is 1.53. The van der Waals surface area contributed by atoms with Crippen LogP contribution in [0.4, 0.5) is 0 Å². The molecular formula is C19H22N4O. The Bertz CT molecular complexity index is 905. The van der Waals surface area contributed by atoms with E-state index in [-0.39, 0.29) is 11.9 Å². The molecule has 0 saturated carbocycles. The second kappa shape index (κ2) is 5.82. The average Bonchev–Trinajstić information content (AvgIpc) is 3.10. The Labute approximate surface area is 141 Å². The smallest absolute Gasteiger partial charge is 0.240 e. The summed E-state index contributed by atoms with van der Waals surface area (Å²) >= 11 is 0.